The van der Waals surface area contributed by atoms with Gasteiger partial charge in [0.1, 0.15) is 0 Å². The van der Waals surface area contributed by atoms with Crippen molar-refractivity contribution in [2.45, 2.75) is 0 Å². The first-order valence-corrected chi connectivity index (χ1v) is 21.4. The molecule has 4 aromatic heterocycles. The summed E-state index contributed by atoms with van der Waals surface area (Å²) in [5.41, 5.74) is 6.24. The van der Waals surface area contributed by atoms with E-state index >= 15 is 0 Å². The summed E-state index contributed by atoms with van der Waals surface area (Å²) in [6.45, 7) is 0. The lowest BCUT2D eigenvalue weighted by molar-refractivity contribution is 1.07. The number of fused-ring (bicyclic) bond motifs is 11. The topological polar surface area (TPSA) is 43.6 Å². The number of aromatic nitrogens is 4. The minimum atomic E-state index is 0.642. The highest BCUT2D eigenvalue weighted by atomic mass is 32.1. The van der Waals surface area contributed by atoms with Gasteiger partial charge in [-0.1, -0.05) is 127 Å². The van der Waals surface area contributed by atoms with E-state index in [-0.39, 0.29) is 0 Å². The van der Waals surface area contributed by atoms with Gasteiger partial charge in [0.25, 0.3) is 0 Å². The Morgan fingerprint density at radius 2 is 0.949 bits per heavy atom. The van der Waals surface area contributed by atoms with Crippen molar-refractivity contribution in [1.82, 2.24) is 19.5 Å². The first-order chi connectivity index (χ1) is 29.2. The summed E-state index contributed by atoms with van der Waals surface area (Å²) in [5, 5.41) is 11.9. The Hall–Kier alpha value is -7.25. The molecule has 0 N–H and O–H groups in total. The van der Waals surface area contributed by atoms with Crippen LogP contribution in [0.25, 0.3) is 124 Å². The number of nitrogens with zero attached hydrogens (tertiary/aromatic N) is 4. The van der Waals surface area contributed by atoms with E-state index in [2.05, 4.69) is 187 Å². The Morgan fingerprint density at radius 1 is 0.356 bits per heavy atom. The van der Waals surface area contributed by atoms with Gasteiger partial charge in [-0.2, -0.15) is 0 Å². The third-order valence-corrected chi connectivity index (χ3v) is 14.1. The van der Waals surface area contributed by atoms with Crippen molar-refractivity contribution in [2.24, 2.45) is 0 Å². The molecule has 9 aromatic carbocycles. The van der Waals surface area contributed by atoms with Crippen LogP contribution in [0.5, 0.6) is 0 Å². The maximum absolute atomic E-state index is 5.59. The molecule has 13 rings (SSSR count). The van der Waals surface area contributed by atoms with Crippen LogP contribution in [-0.4, -0.2) is 19.5 Å². The number of hydrogen-bond acceptors (Lipinski definition) is 5. The summed E-state index contributed by atoms with van der Waals surface area (Å²) in [6, 6.07) is 65.5. The fourth-order valence-corrected chi connectivity index (χ4v) is 11.4. The molecule has 0 saturated heterocycles. The molecule has 0 bridgehead atoms. The minimum Gasteiger partial charge on any atom is -0.308 e. The largest absolute Gasteiger partial charge is 0.308 e. The molecule has 0 amide bonds. The average Bonchev–Trinajstić information content (AvgIpc) is 3.97. The van der Waals surface area contributed by atoms with E-state index in [0.29, 0.717) is 17.5 Å². The van der Waals surface area contributed by atoms with Crippen molar-refractivity contribution in [3.63, 3.8) is 0 Å². The molecule has 4 heterocycles. The highest BCUT2D eigenvalue weighted by molar-refractivity contribution is 7.26. The zero-order valence-corrected chi connectivity index (χ0v) is 33.1. The quantitative estimate of drug-likeness (QED) is 0.178. The lowest BCUT2D eigenvalue weighted by atomic mass is 10.0. The van der Waals surface area contributed by atoms with E-state index in [1.54, 1.807) is 0 Å². The van der Waals surface area contributed by atoms with E-state index in [1.807, 2.05) is 22.7 Å². The van der Waals surface area contributed by atoms with Crippen LogP contribution in [0, 0.1) is 0 Å². The third-order valence-electron chi connectivity index (χ3n) is 11.8. The fourth-order valence-electron chi connectivity index (χ4n) is 9.16. The number of hydrogen-bond donors (Lipinski definition) is 0. The standard InChI is InChI=1S/C53H30N4S2/c1-2-13-32-28-35(25-24-31(32)12-1)51-54-52(39-19-11-23-46-48(39)37-17-6-9-21-44(37)58-46)56-53(55-51)50-42(26-27-47-49(50)38-18-7-10-22-45(38)59-47)57-41-20-8-5-16-36(41)40-29-33-14-3-4-15-34(33)30-43(40)57/h1-30H. The molecule has 0 aliphatic carbocycles. The van der Waals surface area contributed by atoms with Crippen LogP contribution in [0.2, 0.25) is 0 Å². The number of para-hydroxylation sites is 1. The molecule has 0 aliphatic rings. The average molecular weight is 787 g/mol. The first-order valence-electron chi connectivity index (χ1n) is 19.8. The summed E-state index contributed by atoms with van der Waals surface area (Å²) in [4.78, 5) is 16.5. The van der Waals surface area contributed by atoms with Gasteiger partial charge in [0, 0.05) is 62.2 Å². The lowest BCUT2D eigenvalue weighted by Gasteiger charge is -2.17. The maximum atomic E-state index is 5.59. The number of thiophene rings is 2. The van der Waals surface area contributed by atoms with Crippen LogP contribution in [0.4, 0.5) is 0 Å². The van der Waals surface area contributed by atoms with Gasteiger partial charge in [0.15, 0.2) is 17.5 Å². The second kappa shape index (κ2) is 12.6. The van der Waals surface area contributed by atoms with Crippen LogP contribution < -0.4 is 0 Å². The molecule has 0 fully saturated rings. The smallest absolute Gasteiger partial charge is 0.166 e. The molecule has 0 atom stereocenters. The molecule has 6 heteroatoms. The molecule has 0 unspecified atom stereocenters. The van der Waals surface area contributed by atoms with Gasteiger partial charge in [-0.05, 0) is 76.1 Å². The summed E-state index contributed by atoms with van der Waals surface area (Å²) in [7, 11) is 0. The predicted molar refractivity (Wildman–Crippen MR) is 251 cm³/mol. The predicted octanol–water partition coefficient (Wildman–Crippen LogP) is 15.0. The Bertz CT molecular complexity index is 3870. The van der Waals surface area contributed by atoms with Crippen molar-refractivity contribution in [3.8, 4) is 39.9 Å². The van der Waals surface area contributed by atoms with Crippen molar-refractivity contribution < 1.29 is 0 Å². The van der Waals surface area contributed by atoms with Gasteiger partial charge >= 0.3 is 0 Å². The van der Waals surface area contributed by atoms with Crippen LogP contribution in [0.1, 0.15) is 0 Å². The third kappa shape index (κ3) is 4.97. The van der Waals surface area contributed by atoms with Crippen LogP contribution >= 0.6 is 22.7 Å². The summed E-state index contributed by atoms with van der Waals surface area (Å²) in [6.07, 6.45) is 0. The van der Waals surface area contributed by atoms with Gasteiger partial charge in [-0.15, -0.1) is 22.7 Å². The zero-order valence-electron chi connectivity index (χ0n) is 31.4. The van der Waals surface area contributed by atoms with E-state index in [9.17, 15) is 0 Å². The second-order valence-corrected chi connectivity index (χ2v) is 17.3. The zero-order chi connectivity index (χ0) is 38.6. The van der Waals surface area contributed by atoms with Crippen LogP contribution in [-0.2, 0) is 0 Å². The molecule has 274 valence electrons. The van der Waals surface area contributed by atoms with E-state index in [4.69, 9.17) is 15.0 Å². The molecule has 0 aliphatic heterocycles. The van der Waals surface area contributed by atoms with Gasteiger partial charge in [-0.3, -0.25) is 0 Å². The van der Waals surface area contributed by atoms with Gasteiger partial charge in [0.05, 0.1) is 22.3 Å². The SMILES string of the molecule is c1ccc2cc(-c3nc(-c4cccc5sc6ccccc6c45)nc(-c4c(-n5c6ccccc6c6cc7ccccc7cc65)ccc5sc6ccccc6c45)n3)ccc2c1. The van der Waals surface area contributed by atoms with Crippen molar-refractivity contribution in [2.75, 3.05) is 0 Å². The number of benzene rings is 9. The van der Waals surface area contributed by atoms with Crippen LogP contribution in [0.3, 0.4) is 0 Å². The molecule has 13 aromatic rings. The molecular formula is C53H30N4S2. The molecular weight excluding hydrogens is 757 g/mol. The van der Waals surface area contributed by atoms with E-state index in [0.717, 1.165) is 44.2 Å². The molecule has 59 heavy (non-hydrogen) atoms. The molecule has 0 spiro atoms. The molecule has 0 radical (unpaired) electrons. The normalized spacial score (nSPS) is 12.1. The van der Waals surface area contributed by atoms with Gasteiger partial charge in [0.2, 0.25) is 0 Å². The maximum Gasteiger partial charge on any atom is 0.166 e. The van der Waals surface area contributed by atoms with E-state index in [1.165, 1.54) is 61.9 Å². The monoisotopic (exact) mass is 786 g/mol. The second-order valence-electron chi connectivity index (χ2n) is 15.1. The summed E-state index contributed by atoms with van der Waals surface area (Å²) in [5.74, 6) is 1.94. The Kier molecular flexibility index (Phi) is 7.02. The van der Waals surface area contributed by atoms with Gasteiger partial charge in [-0.25, -0.2) is 15.0 Å². The first kappa shape index (κ1) is 32.8. The van der Waals surface area contributed by atoms with Crippen molar-refractivity contribution in [1.29, 1.82) is 0 Å². The van der Waals surface area contributed by atoms with E-state index < -0.39 is 0 Å². The minimum absolute atomic E-state index is 0.642. The molecule has 4 nitrogen and oxygen atoms in total. The summed E-state index contributed by atoms with van der Waals surface area (Å²) >= 11 is 3.62. The lowest BCUT2D eigenvalue weighted by Crippen LogP contribution is -2.04. The Labute approximate surface area is 345 Å². The number of rotatable bonds is 4. The summed E-state index contributed by atoms with van der Waals surface area (Å²) < 4.78 is 7.31. The van der Waals surface area contributed by atoms with Crippen molar-refractivity contribution >= 4 is 106 Å². The molecule has 0 saturated carbocycles. The Balaban J connectivity index is 1.19. The van der Waals surface area contributed by atoms with Crippen LogP contribution in [0.15, 0.2) is 182 Å². The Morgan fingerprint density at radius 3 is 1.75 bits per heavy atom. The van der Waals surface area contributed by atoms with Crippen molar-refractivity contribution in [3.05, 3.63) is 182 Å². The highest BCUT2D eigenvalue weighted by Crippen LogP contribution is 2.46. The fraction of sp³-hybridized carbons (Fsp3) is 0. The highest BCUT2D eigenvalue weighted by Gasteiger charge is 2.25. The van der Waals surface area contributed by atoms with Gasteiger partial charge < -0.3 is 4.57 Å².